The van der Waals surface area contributed by atoms with Gasteiger partial charge in [0.25, 0.3) is 0 Å². The van der Waals surface area contributed by atoms with E-state index >= 15 is 0 Å². The quantitative estimate of drug-likeness (QED) is 0.354. The topological polar surface area (TPSA) is 91.8 Å². The third-order valence-electron chi connectivity index (χ3n) is 4.85. The largest absolute Gasteiger partial charge is 0.383 e. The monoisotopic (exact) mass is 396 g/mol. The molecule has 0 unspecified atom stereocenters. The minimum absolute atomic E-state index is 0.248. The Bertz CT molecular complexity index is 713. The van der Waals surface area contributed by atoms with Crippen molar-refractivity contribution in [2.75, 3.05) is 27.3 Å². The highest BCUT2D eigenvalue weighted by Crippen LogP contribution is 2.23. The van der Waals surface area contributed by atoms with E-state index in [0.29, 0.717) is 19.2 Å². The third-order valence-corrected chi connectivity index (χ3v) is 6.31. The lowest BCUT2D eigenvalue weighted by atomic mass is 9.87. The van der Waals surface area contributed by atoms with Crippen molar-refractivity contribution < 1.29 is 13.2 Å². The Labute approximate surface area is 163 Å². The smallest absolute Gasteiger partial charge is 0.240 e. The van der Waals surface area contributed by atoms with Gasteiger partial charge < -0.3 is 15.4 Å². The Hall–Kier alpha value is -1.64. The fraction of sp³-hybridized carbons (Fsp3) is 0.632. The van der Waals surface area contributed by atoms with Gasteiger partial charge in [-0.2, -0.15) is 0 Å². The predicted molar refractivity (Wildman–Crippen MR) is 108 cm³/mol. The zero-order valence-electron chi connectivity index (χ0n) is 16.5. The van der Waals surface area contributed by atoms with Gasteiger partial charge in [0, 0.05) is 33.3 Å². The summed E-state index contributed by atoms with van der Waals surface area (Å²) in [7, 11) is -0.242. The van der Waals surface area contributed by atoms with Crippen LogP contribution >= 0.6 is 0 Å². The maximum atomic E-state index is 12.3. The van der Waals surface area contributed by atoms with Crippen LogP contribution in [-0.4, -0.2) is 47.7 Å². The minimum Gasteiger partial charge on any atom is -0.383 e. The molecule has 1 fully saturated rings. The first-order valence-corrected chi connectivity index (χ1v) is 11.0. The van der Waals surface area contributed by atoms with Crippen molar-refractivity contribution in [2.45, 2.75) is 50.1 Å². The van der Waals surface area contributed by atoms with Crippen molar-refractivity contribution in [1.29, 1.82) is 0 Å². The van der Waals surface area contributed by atoms with E-state index in [1.807, 2.05) is 6.07 Å². The number of rotatable bonds is 8. The second-order valence-electron chi connectivity index (χ2n) is 7.06. The average molecular weight is 397 g/mol. The first-order chi connectivity index (χ1) is 12.9. The normalized spacial score (nSPS) is 21.1. The van der Waals surface area contributed by atoms with Crippen molar-refractivity contribution in [3.8, 4) is 0 Å². The summed E-state index contributed by atoms with van der Waals surface area (Å²) >= 11 is 0. The molecule has 2 rings (SSSR count). The molecule has 0 aliphatic heterocycles. The Kier molecular flexibility index (Phi) is 8.53. The summed E-state index contributed by atoms with van der Waals surface area (Å²) in [5.74, 6) is 1.56. The van der Waals surface area contributed by atoms with Crippen LogP contribution in [0.1, 0.15) is 38.2 Å². The Morgan fingerprint density at radius 2 is 2.00 bits per heavy atom. The van der Waals surface area contributed by atoms with Gasteiger partial charge in [-0.1, -0.05) is 19.1 Å². The lowest BCUT2D eigenvalue weighted by molar-refractivity contribution is 0.204. The van der Waals surface area contributed by atoms with Gasteiger partial charge in [0.2, 0.25) is 10.0 Å². The summed E-state index contributed by atoms with van der Waals surface area (Å²) in [6.07, 6.45) is 4.79. The van der Waals surface area contributed by atoms with Crippen LogP contribution in [0.2, 0.25) is 0 Å². The van der Waals surface area contributed by atoms with Gasteiger partial charge in [-0.3, -0.25) is 4.99 Å². The van der Waals surface area contributed by atoms with Crippen LogP contribution in [0.3, 0.4) is 0 Å². The van der Waals surface area contributed by atoms with Crippen molar-refractivity contribution in [3.63, 3.8) is 0 Å². The van der Waals surface area contributed by atoms with E-state index in [9.17, 15) is 8.42 Å². The summed E-state index contributed by atoms with van der Waals surface area (Å²) < 4.78 is 32.1. The molecule has 0 spiro atoms. The molecule has 1 aromatic carbocycles. The number of benzene rings is 1. The van der Waals surface area contributed by atoms with E-state index in [1.54, 1.807) is 25.2 Å². The number of ether oxygens (including phenoxy) is 1. The zero-order valence-corrected chi connectivity index (χ0v) is 17.3. The molecule has 152 valence electrons. The molecule has 0 heterocycles. The van der Waals surface area contributed by atoms with Crippen molar-refractivity contribution in [3.05, 3.63) is 29.8 Å². The number of methoxy groups -OCH3 is 1. The molecule has 0 bridgehead atoms. The van der Waals surface area contributed by atoms with Gasteiger partial charge in [0.1, 0.15) is 0 Å². The van der Waals surface area contributed by atoms with Crippen LogP contribution in [0.4, 0.5) is 0 Å². The molecule has 1 aromatic rings. The second kappa shape index (κ2) is 10.6. The van der Waals surface area contributed by atoms with Crippen LogP contribution in [0.15, 0.2) is 34.2 Å². The molecular formula is C19H32N4O3S. The highest BCUT2D eigenvalue weighted by atomic mass is 32.2. The molecule has 1 aliphatic rings. The second-order valence-corrected chi connectivity index (χ2v) is 8.83. The summed E-state index contributed by atoms with van der Waals surface area (Å²) in [5, 5.41) is 6.75. The number of hydrogen-bond acceptors (Lipinski definition) is 4. The number of nitrogens with one attached hydrogen (secondary N) is 3. The number of sulfonamides is 1. The highest BCUT2D eigenvalue weighted by molar-refractivity contribution is 7.89. The molecule has 1 aliphatic carbocycles. The van der Waals surface area contributed by atoms with Gasteiger partial charge in [-0.25, -0.2) is 13.1 Å². The maximum absolute atomic E-state index is 12.3. The molecule has 27 heavy (non-hydrogen) atoms. The standard InChI is InChI=1S/C19H32N4O3S/c1-15-7-9-17(10-8-15)23-19(20-2)21-14-16-5-4-6-18(13-16)27(24,25)22-11-12-26-3/h4-6,13,15,17,22H,7-12,14H2,1-3H3,(H2,20,21,23). The SMILES string of the molecule is CN=C(NCc1cccc(S(=O)(=O)NCCOC)c1)NC1CCC(C)CC1. The molecular weight excluding hydrogens is 364 g/mol. The number of hydrogen-bond donors (Lipinski definition) is 3. The molecule has 0 amide bonds. The molecule has 0 saturated heterocycles. The van der Waals surface area contributed by atoms with E-state index < -0.39 is 10.0 Å². The van der Waals surface area contributed by atoms with Gasteiger partial charge in [0.15, 0.2) is 5.96 Å². The minimum atomic E-state index is -3.53. The molecule has 0 atom stereocenters. The van der Waals surface area contributed by atoms with Crippen molar-refractivity contribution in [1.82, 2.24) is 15.4 Å². The predicted octanol–water partition coefficient (Wildman–Crippen LogP) is 1.85. The molecule has 1 saturated carbocycles. The molecule has 0 aromatic heterocycles. The summed E-state index contributed by atoms with van der Waals surface area (Å²) in [6, 6.07) is 7.37. The van der Waals surface area contributed by atoms with E-state index in [1.165, 1.54) is 20.0 Å². The van der Waals surface area contributed by atoms with Crippen LogP contribution < -0.4 is 15.4 Å². The van der Waals surface area contributed by atoms with Gasteiger partial charge in [-0.05, 0) is 49.3 Å². The number of guanidine groups is 1. The van der Waals surface area contributed by atoms with Gasteiger partial charge in [0.05, 0.1) is 11.5 Å². The van der Waals surface area contributed by atoms with Crippen molar-refractivity contribution >= 4 is 16.0 Å². The molecule has 7 nitrogen and oxygen atoms in total. The Morgan fingerprint density at radius 1 is 1.26 bits per heavy atom. The lowest BCUT2D eigenvalue weighted by Gasteiger charge is -2.28. The van der Waals surface area contributed by atoms with Crippen molar-refractivity contribution in [2.24, 2.45) is 10.9 Å². The molecule has 8 heteroatoms. The summed E-state index contributed by atoms with van der Waals surface area (Å²) in [6.45, 7) is 3.39. The molecule has 0 radical (unpaired) electrons. The van der Waals surface area contributed by atoms with Gasteiger partial charge >= 0.3 is 0 Å². The van der Waals surface area contributed by atoms with E-state index in [0.717, 1.165) is 30.3 Å². The van der Waals surface area contributed by atoms with Crippen LogP contribution in [0.25, 0.3) is 0 Å². The first-order valence-electron chi connectivity index (χ1n) is 9.49. The summed E-state index contributed by atoms with van der Waals surface area (Å²) in [5.41, 5.74) is 0.879. The third kappa shape index (κ3) is 7.12. The Balaban J connectivity index is 1.91. The zero-order chi connectivity index (χ0) is 19.7. The lowest BCUT2D eigenvalue weighted by Crippen LogP contribution is -2.44. The number of nitrogens with zero attached hydrogens (tertiary/aromatic N) is 1. The fourth-order valence-corrected chi connectivity index (χ4v) is 4.25. The summed E-state index contributed by atoms with van der Waals surface area (Å²) in [4.78, 5) is 4.54. The van der Waals surface area contributed by atoms with E-state index in [4.69, 9.17) is 4.74 Å². The van der Waals surface area contributed by atoms with E-state index in [-0.39, 0.29) is 11.4 Å². The van der Waals surface area contributed by atoms with E-state index in [2.05, 4.69) is 27.3 Å². The number of aliphatic imine (C=N–C) groups is 1. The maximum Gasteiger partial charge on any atom is 0.240 e. The average Bonchev–Trinajstić information content (AvgIpc) is 2.67. The van der Waals surface area contributed by atoms with Crippen LogP contribution in [0, 0.1) is 5.92 Å². The first kappa shape index (κ1) is 21.7. The fourth-order valence-electron chi connectivity index (χ4n) is 3.16. The highest BCUT2D eigenvalue weighted by Gasteiger charge is 2.19. The molecule has 3 N–H and O–H groups in total. The van der Waals surface area contributed by atoms with Crippen LogP contribution in [-0.2, 0) is 21.3 Å². The van der Waals surface area contributed by atoms with Crippen LogP contribution in [0.5, 0.6) is 0 Å². The Morgan fingerprint density at radius 3 is 2.67 bits per heavy atom. The van der Waals surface area contributed by atoms with Gasteiger partial charge in [-0.15, -0.1) is 0 Å².